The van der Waals surface area contributed by atoms with E-state index in [1.54, 1.807) is 12.1 Å². The van der Waals surface area contributed by atoms with Crippen LogP contribution in [-0.4, -0.2) is 11.7 Å². The Hall–Kier alpha value is -0.450. The Morgan fingerprint density at radius 3 is 2.93 bits per heavy atom. The van der Waals surface area contributed by atoms with Crippen LogP contribution in [0.15, 0.2) is 16.6 Å². The van der Waals surface area contributed by atoms with Crippen molar-refractivity contribution < 1.29 is 9.50 Å². The van der Waals surface area contributed by atoms with Gasteiger partial charge in [0.1, 0.15) is 5.82 Å². The van der Waals surface area contributed by atoms with Crippen molar-refractivity contribution in [3.05, 3.63) is 33.5 Å². The summed E-state index contributed by atoms with van der Waals surface area (Å²) in [6.45, 7) is -0.138. The maximum absolute atomic E-state index is 13.6. The molecular weight excluding hydrogens is 249 g/mol. The van der Waals surface area contributed by atoms with Crippen LogP contribution in [0.25, 0.3) is 0 Å². The Morgan fingerprint density at radius 2 is 2.29 bits per heavy atom. The van der Waals surface area contributed by atoms with Crippen LogP contribution in [0.5, 0.6) is 0 Å². The summed E-state index contributed by atoms with van der Waals surface area (Å²) in [5, 5.41) is 9.17. The van der Waals surface area contributed by atoms with Gasteiger partial charge in [-0.3, -0.25) is 0 Å². The molecule has 0 aromatic heterocycles. The van der Waals surface area contributed by atoms with Crippen LogP contribution in [0.1, 0.15) is 17.5 Å². The highest BCUT2D eigenvalue weighted by atomic mass is 79.9. The number of rotatable bonds is 1. The van der Waals surface area contributed by atoms with Gasteiger partial charge in [-0.1, -0.05) is 6.07 Å². The van der Waals surface area contributed by atoms with Crippen molar-refractivity contribution in [3.63, 3.8) is 0 Å². The highest BCUT2D eigenvalue weighted by Gasteiger charge is 2.36. The Balaban J connectivity index is 2.58. The van der Waals surface area contributed by atoms with Crippen molar-refractivity contribution in [1.29, 1.82) is 0 Å². The summed E-state index contributed by atoms with van der Waals surface area (Å²) in [4.78, 5) is 0. The molecule has 0 fully saturated rings. The van der Waals surface area contributed by atoms with Crippen LogP contribution in [0.4, 0.5) is 4.39 Å². The summed E-state index contributed by atoms with van der Waals surface area (Å²) in [7, 11) is 0. The molecule has 1 aromatic rings. The second kappa shape index (κ2) is 3.29. The van der Waals surface area contributed by atoms with Gasteiger partial charge < -0.3 is 10.8 Å². The van der Waals surface area contributed by atoms with E-state index in [-0.39, 0.29) is 12.4 Å². The standard InChI is InChI=1S/C10H11BrFNO/c11-8-2-1-7-6(9(8)12)3-4-10(7,13)5-14/h1-2,14H,3-5,13H2. The van der Waals surface area contributed by atoms with Gasteiger partial charge in [0.25, 0.3) is 0 Å². The lowest BCUT2D eigenvalue weighted by atomic mass is 9.94. The van der Waals surface area contributed by atoms with Crippen LogP contribution in [0.3, 0.4) is 0 Å². The molecular formula is C10H11BrFNO. The zero-order valence-electron chi connectivity index (χ0n) is 7.56. The van der Waals surface area contributed by atoms with Crippen molar-refractivity contribution >= 4 is 15.9 Å². The first kappa shape index (κ1) is 10.1. The Labute approximate surface area is 90.1 Å². The lowest BCUT2D eigenvalue weighted by Crippen LogP contribution is -2.38. The molecule has 2 nitrogen and oxygen atoms in total. The number of aliphatic hydroxyl groups excluding tert-OH is 1. The second-order valence-electron chi connectivity index (χ2n) is 3.70. The molecule has 0 radical (unpaired) electrons. The third kappa shape index (κ3) is 1.29. The fourth-order valence-corrected chi connectivity index (χ4v) is 2.32. The smallest absolute Gasteiger partial charge is 0.140 e. The van der Waals surface area contributed by atoms with E-state index in [0.717, 1.165) is 5.56 Å². The summed E-state index contributed by atoms with van der Waals surface area (Å²) in [5.41, 5.74) is 6.58. The number of hydrogen-bond acceptors (Lipinski definition) is 2. The summed E-state index contributed by atoms with van der Waals surface area (Å²) in [6.07, 6.45) is 1.20. The third-order valence-electron chi connectivity index (χ3n) is 2.84. The second-order valence-corrected chi connectivity index (χ2v) is 4.56. The summed E-state index contributed by atoms with van der Waals surface area (Å²) in [5.74, 6) is -0.247. The normalized spacial score (nSPS) is 25.1. The van der Waals surface area contributed by atoms with Crippen molar-refractivity contribution in [2.24, 2.45) is 5.73 Å². The van der Waals surface area contributed by atoms with Gasteiger partial charge in [0.2, 0.25) is 0 Å². The largest absolute Gasteiger partial charge is 0.394 e. The fraction of sp³-hybridized carbons (Fsp3) is 0.400. The van der Waals surface area contributed by atoms with Crippen LogP contribution >= 0.6 is 15.9 Å². The third-order valence-corrected chi connectivity index (χ3v) is 3.45. The molecule has 1 unspecified atom stereocenters. The molecule has 14 heavy (non-hydrogen) atoms. The zero-order chi connectivity index (χ0) is 10.3. The van der Waals surface area contributed by atoms with E-state index >= 15 is 0 Å². The number of nitrogens with two attached hydrogens (primary N) is 1. The number of fused-ring (bicyclic) bond motifs is 1. The van der Waals surface area contributed by atoms with Gasteiger partial charge in [-0.2, -0.15) is 0 Å². The molecule has 0 saturated heterocycles. The molecule has 1 aliphatic rings. The highest BCUT2D eigenvalue weighted by molar-refractivity contribution is 9.10. The molecule has 1 aliphatic carbocycles. The molecule has 76 valence electrons. The molecule has 3 N–H and O–H groups in total. The van der Waals surface area contributed by atoms with Crippen molar-refractivity contribution in [1.82, 2.24) is 0 Å². The van der Waals surface area contributed by atoms with E-state index in [1.165, 1.54) is 0 Å². The van der Waals surface area contributed by atoms with Gasteiger partial charge in [-0.25, -0.2) is 4.39 Å². The topological polar surface area (TPSA) is 46.2 Å². The minimum Gasteiger partial charge on any atom is -0.394 e. The van der Waals surface area contributed by atoms with Crippen molar-refractivity contribution in [2.75, 3.05) is 6.61 Å². The number of hydrogen-bond donors (Lipinski definition) is 2. The number of halogens is 2. The lowest BCUT2D eigenvalue weighted by molar-refractivity contribution is 0.197. The molecule has 0 heterocycles. The number of benzene rings is 1. The molecule has 0 saturated carbocycles. The van der Waals surface area contributed by atoms with Gasteiger partial charge in [0, 0.05) is 0 Å². The van der Waals surface area contributed by atoms with Gasteiger partial charge in [0.15, 0.2) is 0 Å². The average Bonchev–Trinajstić information content (AvgIpc) is 2.52. The SMILES string of the molecule is NC1(CO)CCc2c1ccc(Br)c2F. The minimum atomic E-state index is -0.753. The van der Waals surface area contributed by atoms with Gasteiger partial charge in [-0.05, 0) is 46.0 Å². The molecule has 1 aromatic carbocycles. The Kier molecular flexibility index (Phi) is 2.37. The van der Waals surface area contributed by atoms with Crippen molar-refractivity contribution in [3.8, 4) is 0 Å². The molecule has 0 spiro atoms. The molecule has 4 heteroatoms. The quantitative estimate of drug-likeness (QED) is 0.807. The average molecular weight is 260 g/mol. The first-order valence-corrected chi connectivity index (χ1v) is 5.25. The van der Waals surface area contributed by atoms with E-state index < -0.39 is 5.54 Å². The van der Waals surface area contributed by atoms with E-state index in [4.69, 9.17) is 5.73 Å². The molecule has 0 amide bonds. The zero-order valence-corrected chi connectivity index (χ0v) is 9.14. The van der Waals surface area contributed by atoms with Gasteiger partial charge >= 0.3 is 0 Å². The summed E-state index contributed by atoms with van der Waals surface area (Å²) < 4.78 is 14.1. The molecule has 1 atom stereocenters. The molecule has 2 rings (SSSR count). The van der Waals surface area contributed by atoms with Gasteiger partial charge in [-0.15, -0.1) is 0 Å². The first-order valence-electron chi connectivity index (χ1n) is 4.45. The van der Waals surface area contributed by atoms with Crippen LogP contribution in [-0.2, 0) is 12.0 Å². The van der Waals surface area contributed by atoms with Gasteiger partial charge in [0.05, 0.1) is 16.6 Å². The predicted molar refractivity (Wildman–Crippen MR) is 55.4 cm³/mol. The molecule has 0 aliphatic heterocycles. The van der Waals surface area contributed by atoms with Crippen molar-refractivity contribution in [2.45, 2.75) is 18.4 Å². The Bertz CT molecular complexity index is 383. The molecule has 0 bridgehead atoms. The first-order chi connectivity index (χ1) is 6.58. The van der Waals surface area contributed by atoms with Crippen LogP contribution in [0, 0.1) is 5.82 Å². The lowest BCUT2D eigenvalue weighted by Gasteiger charge is -2.22. The maximum Gasteiger partial charge on any atom is 0.140 e. The maximum atomic E-state index is 13.6. The van der Waals surface area contributed by atoms with E-state index in [2.05, 4.69) is 15.9 Å². The van der Waals surface area contributed by atoms with E-state index in [0.29, 0.717) is 22.9 Å². The predicted octanol–water partition coefficient (Wildman–Crippen LogP) is 1.68. The fourth-order valence-electron chi connectivity index (χ4n) is 1.95. The number of aliphatic hydroxyl groups is 1. The summed E-state index contributed by atoms with van der Waals surface area (Å²) in [6, 6.07) is 3.42. The minimum absolute atomic E-state index is 0.138. The van der Waals surface area contributed by atoms with Crippen LogP contribution in [0.2, 0.25) is 0 Å². The monoisotopic (exact) mass is 259 g/mol. The van der Waals surface area contributed by atoms with Crippen LogP contribution < -0.4 is 5.73 Å². The van der Waals surface area contributed by atoms with E-state index in [9.17, 15) is 9.50 Å². The highest BCUT2D eigenvalue weighted by Crippen LogP contribution is 2.37. The van der Waals surface area contributed by atoms with E-state index in [1.807, 2.05) is 0 Å². The Morgan fingerprint density at radius 1 is 1.57 bits per heavy atom. The summed E-state index contributed by atoms with van der Waals surface area (Å²) >= 11 is 3.13.